The van der Waals surface area contributed by atoms with E-state index in [0.29, 0.717) is 62.9 Å². The standard InChI is InChI=1S/C24H23F2N5O2/c25-18-12-17(13-19(26)14-18)20-6-9-30-15-24(22(32)31(20)30)7-10-29(11-8-24)23-28-27-21(33-23)16-4-2-1-3-5-16/h1-5,12-14,20H,6-11,15H2/t20-/m0/s1. The topological polar surface area (TPSA) is 65.7 Å². The molecule has 0 radical (unpaired) electrons. The van der Waals surface area contributed by atoms with Crippen LogP contribution in [0, 0.1) is 17.0 Å². The normalized spacial score (nSPS) is 22.4. The Hall–Kier alpha value is -3.33. The molecule has 33 heavy (non-hydrogen) atoms. The van der Waals surface area contributed by atoms with Crippen LogP contribution in [-0.4, -0.2) is 52.3 Å². The quantitative estimate of drug-likeness (QED) is 0.604. The van der Waals surface area contributed by atoms with E-state index in [2.05, 4.69) is 10.2 Å². The predicted octanol–water partition coefficient (Wildman–Crippen LogP) is 3.81. The van der Waals surface area contributed by atoms with Crippen molar-refractivity contribution >= 4 is 11.9 Å². The molecule has 3 aliphatic heterocycles. The number of piperidine rings is 1. The molecule has 1 atom stereocenters. The predicted molar refractivity (Wildman–Crippen MR) is 116 cm³/mol. The molecule has 4 heterocycles. The number of hydrogen-bond acceptors (Lipinski definition) is 6. The summed E-state index contributed by atoms with van der Waals surface area (Å²) in [5.74, 6) is -0.718. The molecule has 3 saturated heterocycles. The summed E-state index contributed by atoms with van der Waals surface area (Å²) in [6.07, 6.45) is 1.99. The molecule has 0 aliphatic carbocycles. The zero-order valence-electron chi connectivity index (χ0n) is 18.0. The van der Waals surface area contributed by atoms with E-state index in [1.165, 1.54) is 12.1 Å². The van der Waals surface area contributed by atoms with Crippen molar-refractivity contribution in [2.24, 2.45) is 5.41 Å². The summed E-state index contributed by atoms with van der Waals surface area (Å²) in [6.45, 7) is 2.59. The minimum absolute atomic E-state index is 0.0461. The van der Waals surface area contributed by atoms with Gasteiger partial charge in [0.2, 0.25) is 11.8 Å². The van der Waals surface area contributed by atoms with E-state index in [1.807, 2.05) is 40.2 Å². The lowest BCUT2D eigenvalue weighted by Gasteiger charge is -2.37. The molecule has 2 aromatic carbocycles. The van der Waals surface area contributed by atoms with Crippen LogP contribution in [0.25, 0.3) is 11.5 Å². The van der Waals surface area contributed by atoms with E-state index in [4.69, 9.17) is 4.42 Å². The van der Waals surface area contributed by atoms with Crippen LogP contribution in [0.2, 0.25) is 0 Å². The molecule has 6 rings (SSSR count). The highest BCUT2D eigenvalue weighted by molar-refractivity contribution is 5.85. The van der Waals surface area contributed by atoms with Gasteiger partial charge in [-0.05, 0) is 49.1 Å². The van der Waals surface area contributed by atoms with Crippen molar-refractivity contribution in [2.45, 2.75) is 25.3 Å². The van der Waals surface area contributed by atoms with E-state index < -0.39 is 17.0 Å². The first-order chi connectivity index (χ1) is 16.0. The van der Waals surface area contributed by atoms with Gasteiger partial charge in [-0.2, -0.15) is 0 Å². The Morgan fingerprint density at radius 1 is 0.970 bits per heavy atom. The van der Waals surface area contributed by atoms with Gasteiger partial charge in [-0.15, -0.1) is 5.10 Å². The molecule has 0 bridgehead atoms. The van der Waals surface area contributed by atoms with Crippen LogP contribution >= 0.6 is 0 Å². The molecule has 0 N–H and O–H groups in total. The number of amides is 1. The fraction of sp³-hybridized carbons (Fsp3) is 0.375. The highest BCUT2D eigenvalue weighted by Crippen LogP contribution is 2.47. The minimum Gasteiger partial charge on any atom is -0.403 e. The van der Waals surface area contributed by atoms with Crippen LogP contribution < -0.4 is 4.90 Å². The van der Waals surface area contributed by atoms with Gasteiger partial charge in [0.1, 0.15) is 11.6 Å². The Balaban J connectivity index is 1.17. The van der Waals surface area contributed by atoms with E-state index in [1.54, 1.807) is 5.01 Å². The number of hydrazine groups is 1. The fourth-order valence-corrected chi connectivity index (χ4v) is 5.40. The van der Waals surface area contributed by atoms with Crippen molar-refractivity contribution in [1.29, 1.82) is 0 Å². The maximum atomic E-state index is 13.8. The molecule has 0 saturated carbocycles. The smallest absolute Gasteiger partial charge is 0.318 e. The Morgan fingerprint density at radius 2 is 1.70 bits per heavy atom. The molecular formula is C24H23F2N5O2. The van der Waals surface area contributed by atoms with Crippen molar-refractivity contribution in [3.05, 3.63) is 65.7 Å². The second-order valence-electron chi connectivity index (χ2n) is 9.07. The number of nitrogens with zero attached hydrogens (tertiary/aromatic N) is 5. The van der Waals surface area contributed by atoms with Gasteiger partial charge in [-0.25, -0.2) is 13.8 Å². The molecule has 3 fully saturated rings. The zero-order valence-corrected chi connectivity index (χ0v) is 18.0. The van der Waals surface area contributed by atoms with Crippen LogP contribution in [0.4, 0.5) is 14.8 Å². The number of anilines is 1. The lowest BCUT2D eigenvalue weighted by Crippen LogP contribution is -2.46. The van der Waals surface area contributed by atoms with E-state index >= 15 is 0 Å². The molecule has 0 unspecified atom stereocenters. The third-order valence-electron chi connectivity index (χ3n) is 7.10. The monoisotopic (exact) mass is 451 g/mol. The first-order valence-electron chi connectivity index (χ1n) is 11.2. The molecule has 9 heteroatoms. The number of carbonyl (C=O) groups excluding carboxylic acids is 1. The van der Waals surface area contributed by atoms with Gasteiger partial charge >= 0.3 is 6.01 Å². The van der Waals surface area contributed by atoms with Gasteiger partial charge in [0.25, 0.3) is 0 Å². The van der Waals surface area contributed by atoms with Crippen molar-refractivity contribution < 1.29 is 18.0 Å². The lowest BCUT2D eigenvalue weighted by atomic mass is 9.78. The zero-order chi connectivity index (χ0) is 22.6. The Morgan fingerprint density at radius 3 is 2.42 bits per heavy atom. The van der Waals surface area contributed by atoms with Crippen molar-refractivity contribution in [2.75, 3.05) is 31.1 Å². The number of benzene rings is 2. The molecule has 170 valence electrons. The largest absolute Gasteiger partial charge is 0.403 e. The number of hydrogen-bond donors (Lipinski definition) is 0. The average Bonchev–Trinajstić information content (AvgIpc) is 3.52. The number of fused-ring (bicyclic) bond motifs is 1. The van der Waals surface area contributed by atoms with Gasteiger partial charge in [-0.1, -0.05) is 23.3 Å². The van der Waals surface area contributed by atoms with Crippen molar-refractivity contribution in [3.8, 4) is 11.5 Å². The Bertz CT molecular complexity index is 1170. The van der Waals surface area contributed by atoms with Crippen LogP contribution in [0.15, 0.2) is 52.9 Å². The number of aromatic nitrogens is 2. The summed E-state index contributed by atoms with van der Waals surface area (Å²) in [5.41, 5.74) is 0.879. The molecule has 7 nitrogen and oxygen atoms in total. The third kappa shape index (κ3) is 3.38. The Labute approximate surface area is 189 Å². The first-order valence-corrected chi connectivity index (χ1v) is 11.2. The average molecular weight is 451 g/mol. The Kier molecular flexibility index (Phi) is 4.69. The van der Waals surface area contributed by atoms with Crippen molar-refractivity contribution in [3.63, 3.8) is 0 Å². The third-order valence-corrected chi connectivity index (χ3v) is 7.10. The van der Waals surface area contributed by atoms with Crippen LogP contribution in [-0.2, 0) is 4.79 Å². The van der Waals surface area contributed by atoms with E-state index in [-0.39, 0.29) is 11.9 Å². The molecule has 1 amide bonds. The minimum atomic E-state index is -0.618. The fourth-order valence-electron chi connectivity index (χ4n) is 5.40. The summed E-state index contributed by atoms with van der Waals surface area (Å²) in [4.78, 5) is 15.6. The van der Waals surface area contributed by atoms with Gasteiger partial charge in [0.15, 0.2) is 0 Å². The highest BCUT2D eigenvalue weighted by Gasteiger charge is 2.56. The highest BCUT2D eigenvalue weighted by atomic mass is 19.1. The van der Waals surface area contributed by atoms with Crippen LogP contribution in [0.1, 0.15) is 30.9 Å². The van der Waals surface area contributed by atoms with Gasteiger partial charge < -0.3 is 9.32 Å². The first kappa shape index (κ1) is 20.3. The molecule has 3 aliphatic rings. The van der Waals surface area contributed by atoms with Gasteiger partial charge in [0, 0.05) is 37.8 Å². The number of rotatable bonds is 3. The summed E-state index contributed by atoms with van der Waals surface area (Å²) < 4.78 is 33.5. The van der Waals surface area contributed by atoms with Crippen LogP contribution in [0.3, 0.4) is 0 Å². The lowest BCUT2D eigenvalue weighted by molar-refractivity contribution is -0.143. The van der Waals surface area contributed by atoms with Crippen molar-refractivity contribution in [1.82, 2.24) is 20.2 Å². The molecule has 3 aromatic rings. The number of halogens is 2. The van der Waals surface area contributed by atoms with Gasteiger partial charge in [-0.3, -0.25) is 9.80 Å². The maximum absolute atomic E-state index is 13.8. The number of carbonyl (C=O) groups is 1. The SMILES string of the molecule is O=C1N2[C@H](c3cc(F)cc(F)c3)CCN2CC12CCN(c1nnc(-c3ccccc3)o1)CC2. The summed E-state index contributed by atoms with van der Waals surface area (Å²) in [5, 5.41) is 12.2. The molecular weight excluding hydrogens is 428 g/mol. The second kappa shape index (κ2) is 7.62. The summed E-state index contributed by atoms with van der Waals surface area (Å²) >= 11 is 0. The van der Waals surface area contributed by atoms with E-state index in [9.17, 15) is 13.6 Å². The van der Waals surface area contributed by atoms with Crippen LogP contribution in [0.5, 0.6) is 0 Å². The summed E-state index contributed by atoms with van der Waals surface area (Å²) in [7, 11) is 0. The molecule has 1 aromatic heterocycles. The van der Waals surface area contributed by atoms with E-state index in [0.717, 1.165) is 11.6 Å². The maximum Gasteiger partial charge on any atom is 0.318 e. The molecule has 1 spiro atoms. The summed E-state index contributed by atoms with van der Waals surface area (Å²) in [6, 6.07) is 13.3. The second-order valence-corrected chi connectivity index (χ2v) is 9.07. The van der Waals surface area contributed by atoms with Gasteiger partial charge in [0.05, 0.1) is 11.5 Å².